The Morgan fingerprint density at radius 3 is 2.72 bits per heavy atom. The summed E-state index contributed by atoms with van der Waals surface area (Å²) in [6.45, 7) is 5.86. The number of nitrogens with one attached hydrogen (secondary N) is 2. The minimum atomic E-state index is -0.171. The standard InChI is InChI=1S/C18H25ClN4O2/c1-2-10-22(14-5-7-20-8-6-14)17(24)13-3-4-15(19)16(12-13)23-11-9-21-18(23)25/h3-4,12,14,20H,2,5-11H2,1H3,(H,21,25). The molecule has 25 heavy (non-hydrogen) atoms. The number of nitrogens with zero attached hydrogens (tertiary/aromatic N) is 2. The van der Waals surface area contributed by atoms with E-state index in [9.17, 15) is 9.59 Å². The molecular weight excluding hydrogens is 340 g/mol. The molecule has 2 fully saturated rings. The van der Waals surface area contributed by atoms with Crippen molar-refractivity contribution in [3.63, 3.8) is 0 Å². The Hall–Kier alpha value is -1.79. The first kappa shape index (κ1) is 18.0. The lowest BCUT2D eigenvalue weighted by Crippen LogP contribution is -2.46. The molecule has 2 saturated heterocycles. The van der Waals surface area contributed by atoms with Crippen molar-refractivity contribution in [2.45, 2.75) is 32.2 Å². The van der Waals surface area contributed by atoms with Gasteiger partial charge in [0.25, 0.3) is 5.91 Å². The molecule has 2 aliphatic heterocycles. The van der Waals surface area contributed by atoms with E-state index in [2.05, 4.69) is 17.6 Å². The van der Waals surface area contributed by atoms with E-state index in [0.717, 1.165) is 38.9 Å². The van der Waals surface area contributed by atoms with Crippen molar-refractivity contribution in [3.8, 4) is 0 Å². The highest BCUT2D eigenvalue weighted by Gasteiger charge is 2.28. The van der Waals surface area contributed by atoms with Gasteiger partial charge in [-0.1, -0.05) is 18.5 Å². The SMILES string of the molecule is CCCN(C(=O)c1ccc(Cl)c(N2CCNC2=O)c1)C1CCNCC1. The molecule has 6 nitrogen and oxygen atoms in total. The van der Waals surface area contributed by atoms with E-state index in [1.807, 2.05) is 4.90 Å². The van der Waals surface area contributed by atoms with Gasteiger partial charge >= 0.3 is 6.03 Å². The summed E-state index contributed by atoms with van der Waals surface area (Å²) in [5.74, 6) is 0.0197. The van der Waals surface area contributed by atoms with Crippen LogP contribution in [-0.4, -0.2) is 55.6 Å². The fraction of sp³-hybridized carbons (Fsp3) is 0.556. The highest BCUT2D eigenvalue weighted by molar-refractivity contribution is 6.34. The molecule has 2 N–H and O–H groups in total. The summed E-state index contributed by atoms with van der Waals surface area (Å²) < 4.78 is 0. The fourth-order valence-electron chi connectivity index (χ4n) is 3.53. The molecule has 0 bridgehead atoms. The fourth-order valence-corrected chi connectivity index (χ4v) is 3.75. The van der Waals surface area contributed by atoms with Crippen LogP contribution in [0.5, 0.6) is 0 Å². The van der Waals surface area contributed by atoms with Gasteiger partial charge in [-0.3, -0.25) is 9.69 Å². The van der Waals surface area contributed by atoms with Gasteiger partial charge in [0.05, 0.1) is 10.7 Å². The first-order chi connectivity index (χ1) is 12.1. The Kier molecular flexibility index (Phi) is 5.81. The molecule has 2 aliphatic rings. The monoisotopic (exact) mass is 364 g/mol. The third-order valence-electron chi connectivity index (χ3n) is 4.82. The Balaban J connectivity index is 1.85. The molecule has 1 aromatic carbocycles. The number of rotatable bonds is 5. The minimum absolute atomic E-state index is 0.0197. The van der Waals surface area contributed by atoms with Crippen LogP contribution < -0.4 is 15.5 Å². The van der Waals surface area contributed by atoms with Crippen LogP contribution in [0, 0.1) is 0 Å². The lowest BCUT2D eigenvalue weighted by Gasteiger charge is -2.35. The van der Waals surface area contributed by atoms with Gasteiger partial charge in [0.1, 0.15) is 0 Å². The van der Waals surface area contributed by atoms with Gasteiger partial charge in [-0.25, -0.2) is 4.79 Å². The van der Waals surface area contributed by atoms with Crippen molar-refractivity contribution in [3.05, 3.63) is 28.8 Å². The number of piperidine rings is 1. The normalized spacial score (nSPS) is 18.3. The summed E-state index contributed by atoms with van der Waals surface area (Å²) in [5.41, 5.74) is 1.19. The topological polar surface area (TPSA) is 64.7 Å². The molecule has 0 aromatic heterocycles. The van der Waals surface area contributed by atoms with Crippen molar-refractivity contribution in [1.82, 2.24) is 15.5 Å². The smallest absolute Gasteiger partial charge is 0.322 e. The number of benzene rings is 1. The van der Waals surface area contributed by atoms with Crippen LogP contribution in [0.15, 0.2) is 18.2 Å². The van der Waals surface area contributed by atoms with Gasteiger partial charge in [-0.15, -0.1) is 0 Å². The molecule has 3 amide bonds. The number of urea groups is 1. The molecule has 0 saturated carbocycles. The molecule has 0 radical (unpaired) electrons. The van der Waals surface area contributed by atoms with E-state index in [1.165, 1.54) is 0 Å². The summed E-state index contributed by atoms with van der Waals surface area (Å²) in [5, 5.41) is 6.59. The molecule has 0 unspecified atom stereocenters. The second-order valence-corrected chi connectivity index (χ2v) is 6.94. The number of carbonyl (C=O) groups excluding carboxylic acids is 2. The molecule has 2 heterocycles. The third-order valence-corrected chi connectivity index (χ3v) is 5.14. The molecule has 136 valence electrons. The summed E-state index contributed by atoms with van der Waals surface area (Å²) >= 11 is 6.28. The Morgan fingerprint density at radius 1 is 1.32 bits per heavy atom. The second-order valence-electron chi connectivity index (χ2n) is 6.53. The largest absolute Gasteiger partial charge is 0.336 e. The van der Waals surface area contributed by atoms with Gasteiger partial charge < -0.3 is 15.5 Å². The van der Waals surface area contributed by atoms with E-state index >= 15 is 0 Å². The van der Waals surface area contributed by atoms with Crippen LogP contribution in [0.1, 0.15) is 36.5 Å². The third kappa shape index (κ3) is 3.90. The maximum atomic E-state index is 13.1. The van der Waals surface area contributed by atoms with Crippen molar-refractivity contribution < 1.29 is 9.59 Å². The number of hydrogen-bond donors (Lipinski definition) is 2. The van der Waals surface area contributed by atoms with Crippen LogP contribution in [0.25, 0.3) is 0 Å². The predicted molar refractivity (Wildman–Crippen MR) is 99.4 cm³/mol. The van der Waals surface area contributed by atoms with Crippen LogP contribution in [0.4, 0.5) is 10.5 Å². The molecule has 1 aromatic rings. The van der Waals surface area contributed by atoms with Crippen LogP contribution in [0.2, 0.25) is 5.02 Å². The van der Waals surface area contributed by atoms with Gasteiger partial charge in [-0.05, 0) is 50.6 Å². The zero-order valence-corrected chi connectivity index (χ0v) is 15.3. The highest BCUT2D eigenvalue weighted by atomic mass is 35.5. The second kappa shape index (κ2) is 8.06. The zero-order valence-electron chi connectivity index (χ0n) is 14.6. The maximum absolute atomic E-state index is 13.1. The summed E-state index contributed by atoms with van der Waals surface area (Å²) in [6, 6.07) is 5.31. The van der Waals surface area contributed by atoms with E-state index in [1.54, 1.807) is 23.1 Å². The average Bonchev–Trinajstić information content (AvgIpc) is 3.06. The van der Waals surface area contributed by atoms with E-state index in [0.29, 0.717) is 29.4 Å². The van der Waals surface area contributed by atoms with Gasteiger partial charge in [0, 0.05) is 31.2 Å². The molecule has 0 atom stereocenters. The molecule has 0 aliphatic carbocycles. The number of carbonyl (C=O) groups is 2. The molecule has 3 rings (SSSR count). The van der Waals surface area contributed by atoms with Crippen LogP contribution in [-0.2, 0) is 0 Å². The summed E-state index contributed by atoms with van der Waals surface area (Å²) in [7, 11) is 0. The van der Waals surface area contributed by atoms with E-state index < -0.39 is 0 Å². The number of halogens is 1. The number of hydrogen-bond acceptors (Lipinski definition) is 3. The Labute approximate surface area is 153 Å². The first-order valence-electron chi connectivity index (χ1n) is 8.98. The van der Waals surface area contributed by atoms with Gasteiger partial charge in [-0.2, -0.15) is 0 Å². The summed E-state index contributed by atoms with van der Waals surface area (Å²) in [4.78, 5) is 28.7. The molecular formula is C18H25ClN4O2. The lowest BCUT2D eigenvalue weighted by atomic mass is 10.0. The van der Waals surface area contributed by atoms with Crippen molar-refractivity contribution in [1.29, 1.82) is 0 Å². The van der Waals surface area contributed by atoms with Crippen molar-refractivity contribution >= 4 is 29.2 Å². The van der Waals surface area contributed by atoms with E-state index in [4.69, 9.17) is 11.6 Å². The summed E-state index contributed by atoms with van der Waals surface area (Å²) in [6.07, 6.45) is 2.87. The van der Waals surface area contributed by atoms with Crippen LogP contribution in [0.3, 0.4) is 0 Å². The average molecular weight is 365 g/mol. The van der Waals surface area contributed by atoms with Crippen LogP contribution >= 0.6 is 11.6 Å². The zero-order chi connectivity index (χ0) is 17.8. The predicted octanol–water partition coefficient (Wildman–Crippen LogP) is 2.47. The molecule has 0 spiro atoms. The molecule has 7 heteroatoms. The Morgan fingerprint density at radius 2 is 2.08 bits per heavy atom. The van der Waals surface area contributed by atoms with Crippen molar-refractivity contribution in [2.24, 2.45) is 0 Å². The highest BCUT2D eigenvalue weighted by Crippen LogP contribution is 2.29. The van der Waals surface area contributed by atoms with E-state index in [-0.39, 0.29) is 18.0 Å². The lowest BCUT2D eigenvalue weighted by molar-refractivity contribution is 0.0642. The van der Waals surface area contributed by atoms with Gasteiger partial charge in [0.15, 0.2) is 0 Å². The Bertz CT molecular complexity index is 646. The first-order valence-corrected chi connectivity index (χ1v) is 9.36. The number of anilines is 1. The number of amides is 3. The van der Waals surface area contributed by atoms with Gasteiger partial charge in [0.2, 0.25) is 0 Å². The quantitative estimate of drug-likeness (QED) is 0.843. The minimum Gasteiger partial charge on any atom is -0.336 e. The van der Waals surface area contributed by atoms with Crippen molar-refractivity contribution in [2.75, 3.05) is 37.6 Å². The maximum Gasteiger partial charge on any atom is 0.322 e.